The molecular formula is C18H15BrN4O5. The van der Waals surface area contributed by atoms with Crippen molar-refractivity contribution in [3.63, 3.8) is 0 Å². The predicted molar refractivity (Wildman–Crippen MR) is 104 cm³/mol. The third kappa shape index (κ3) is 4.01. The zero-order valence-electron chi connectivity index (χ0n) is 14.5. The highest BCUT2D eigenvalue weighted by Crippen LogP contribution is 2.26. The van der Waals surface area contributed by atoms with Crippen LogP contribution in [-0.4, -0.2) is 40.8 Å². The Hall–Kier alpha value is -3.27. The molecule has 4 amide bonds. The van der Waals surface area contributed by atoms with Crippen LogP contribution in [0.1, 0.15) is 27.1 Å². The molecule has 0 aliphatic carbocycles. The van der Waals surface area contributed by atoms with Crippen LogP contribution < -0.4 is 10.6 Å². The number of amides is 4. The number of nitro benzene ring substituents is 1. The van der Waals surface area contributed by atoms with Crippen LogP contribution in [0.5, 0.6) is 0 Å². The van der Waals surface area contributed by atoms with Crippen LogP contribution in [0.4, 0.5) is 16.2 Å². The van der Waals surface area contributed by atoms with E-state index in [0.717, 1.165) is 4.90 Å². The first kappa shape index (κ1) is 19.5. The van der Waals surface area contributed by atoms with Gasteiger partial charge in [0.05, 0.1) is 16.1 Å². The van der Waals surface area contributed by atoms with Crippen LogP contribution in [0.3, 0.4) is 0 Å². The summed E-state index contributed by atoms with van der Waals surface area (Å²) in [6, 6.07) is 10.1. The molecule has 0 saturated heterocycles. The molecule has 2 aromatic rings. The summed E-state index contributed by atoms with van der Waals surface area (Å²) in [4.78, 5) is 48.1. The van der Waals surface area contributed by atoms with Gasteiger partial charge in [0.2, 0.25) is 0 Å². The number of halogens is 1. The molecule has 2 N–H and O–H groups in total. The first-order chi connectivity index (χ1) is 13.4. The Kier molecular flexibility index (Phi) is 5.69. The number of nitro groups is 1. The Bertz CT molecular complexity index is 978. The van der Waals surface area contributed by atoms with Crippen molar-refractivity contribution >= 4 is 45.2 Å². The average Bonchev–Trinajstić information content (AvgIpc) is 2.89. The van der Waals surface area contributed by atoms with Crippen LogP contribution in [0.25, 0.3) is 0 Å². The quantitative estimate of drug-likeness (QED) is 0.305. The minimum absolute atomic E-state index is 0.0796. The number of hydrogen-bond acceptors (Lipinski definition) is 5. The van der Waals surface area contributed by atoms with Crippen LogP contribution >= 0.6 is 15.9 Å². The molecular weight excluding hydrogens is 432 g/mol. The number of nitrogens with zero attached hydrogens (tertiary/aromatic N) is 2. The molecule has 0 spiro atoms. The maximum atomic E-state index is 12.4. The number of hydrogen-bond donors (Lipinski definition) is 2. The number of carbonyl (C=O) groups is 3. The maximum absolute atomic E-state index is 12.4. The van der Waals surface area contributed by atoms with Gasteiger partial charge in [-0.3, -0.25) is 24.6 Å². The fraction of sp³-hybridized carbons (Fsp3) is 0.167. The van der Waals surface area contributed by atoms with Crippen molar-refractivity contribution < 1.29 is 19.3 Å². The molecule has 0 fully saturated rings. The van der Waals surface area contributed by atoms with Crippen molar-refractivity contribution in [3.8, 4) is 0 Å². The highest BCUT2D eigenvalue weighted by atomic mass is 79.9. The highest BCUT2D eigenvalue weighted by Gasteiger charge is 2.34. The highest BCUT2D eigenvalue weighted by molar-refractivity contribution is 9.10. The van der Waals surface area contributed by atoms with Crippen LogP contribution in [0.15, 0.2) is 46.9 Å². The minimum atomic E-state index is -0.611. The third-order valence-electron chi connectivity index (χ3n) is 4.13. The summed E-state index contributed by atoms with van der Waals surface area (Å²) >= 11 is 3.27. The number of carbonyl (C=O) groups excluding carboxylic acids is 3. The molecule has 28 heavy (non-hydrogen) atoms. The van der Waals surface area contributed by atoms with Crippen molar-refractivity contribution in [1.29, 1.82) is 0 Å². The van der Waals surface area contributed by atoms with Gasteiger partial charge in [0.25, 0.3) is 17.5 Å². The Morgan fingerprint density at radius 2 is 1.82 bits per heavy atom. The second-order valence-corrected chi connectivity index (χ2v) is 6.88. The van der Waals surface area contributed by atoms with Gasteiger partial charge in [-0.1, -0.05) is 28.1 Å². The lowest BCUT2D eigenvalue weighted by Gasteiger charge is -2.14. The third-order valence-corrected chi connectivity index (χ3v) is 4.62. The summed E-state index contributed by atoms with van der Waals surface area (Å²) in [6.45, 7) is 0.333. The Labute approximate surface area is 168 Å². The zero-order chi connectivity index (χ0) is 20.3. The molecule has 10 heteroatoms. The van der Waals surface area contributed by atoms with Crippen molar-refractivity contribution in [2.45, 2.75) is 6.42 Å². The summed E-state index contributed by atoms with van der Waals surface area (Å²) in [6.07, 6.45) is 0.344. The summed E-state index contributed by atoms with van der Waals surface area (Å²) < 4.78 is 0.711. The SMILES string of the molecule is O=C(NCCCN1C(=O)c2ccc(Br)cc2C1=O)Nc1ccccc1[N+](=O)[O-]. The largest absolute Gasteiger partial charge is 0.338 e. The minimum Gasteiger partial charge on any atom is -0.338 e. The van der Waals surface area contributed by atoms with E-state index in [4.69, 9.17) is 0 Å². The smallest absolute Gasteiger partial charge is 0.319 e. The monoisotopic (exact) mass is 446 g/mol. The summed E-state index contributed by atoms with van der Waals surface area (Å²) in [5.41, 5.74) is 0.572. The van der Waals surface area contributed by atoms with E-state index in [2.05, 4.69) is 26.6 Å². The van der Waals surface area contributed by atoms with Crippen molar-refractivity contribution in [2.75, 3.05) is 18.4 Å². The molecule has 0 unspecified atom stereocenters. The lowest BCUT2D eigenvalue weighted by Crippen LogP contribution is -2.35. The molecule has 1 aliphatic heterocycles. The molecule has 144 valence electrons. The number of fused-ring (bicyclic) bond motifs is 1. The number of rotatable bonds is 6. The van der Waals surface area contributed by atoms with Gasteiger partial charge in [-0.2, -0.15) is 0 Å². The number of anilines is 1. The van der Waals surface area contributed by atoms with Crippen LogP contribution in [0.2, 0.25) is 0 Å². The molecule has 0 aromatic heterocycles. The van der Waals surface area contributed by atoms with Gasteiger partial charge in [0.1, 0.15) is 5.69 Å². The fourth-order valence-electron chi connectivity index (χ4n) is 2.81. The van der Waals surface area contributed by atoms with Crippen molar-refractivity contribution in [2.24, 2.45) is 0 Å². The Morgan fingerprint density at radius 1 is 1.11 bits per heavy atom. The molecule has 0 radical (unpaired) electrons. The number of imide groups is 1. The lowest BCUT2D eigenvalue weighted by atomic mass is 10.1. The van der Waals surface area contributed by atoms with E-state index >= 15 is 0 Å². The summed E-state index contributed by atoms with van der Waals surface area (Å²) in [5.74, 6) is -0.734. The van der Waals surface area contributed by atoms with Crippen LogP contribution in [-0.2, 0) is 0 Å². The molecule has 0 bridgehead atoms. The molecule has 0 atom stereocenters. The predicted octanol–water partition coefficient (Wildman–Crippen LogP) is 3.17. The van der Waals surface area contributed by atoms with Gasteiger partial charge in [0, 0.05) is 23.6 Å². The number of nitrogens with one attached hydrogen (secondary N) is 2. The topological polar surface area (TPSA) is 122 Å². The second-order valence-electron chi connectivity index (χ2n) is 5.96. The van der Waals surface area contributed by atoms with Gasteiger partial charge < -0.3 is 10.6 Å². The number of para-hydroxylation sites is 2. The molecule has 1 heterocycles. The van der Waals surface area contributed by atoms with E-state index in [1.807, 2.05) is 0 Å². The van der Waals surface area contributed by atoms with Crippen LogP contribution in [0, 0.1) is 10.1 Å². The van der Waals surface area contributed by atoms with Gasteiger partial charge in [0.15, 0.2) is 0 Å². The van der Waals surface area contributed by atoms with E-state index < -0.39 is 11.0 Å². The first-order valence-corrected chi connectivity index (χ1v) is 9.12. The summed E-state index contributed by atoms with van der Waals surface area (Å²) in [7, 11) is 0. The van der Waals surface area contributed by atoms with Gasteiger partial charge >= 0.3 is 6.03 Å². The van der Waals surface area contributed by atoms with Gasteiger partial charge in [-0.25, -0.2) is 4.79 Å². The van der Waals surface area contributed by atoms with E-state index in [-0.39, 0.29) is 36.3 Å². The lowest BCUT2D eigenvalue weighted by molar-refractivity contribution is -0.383. The number of benzene rings is 2. The normalized spacial score (nSPS) is 12.7. The van der Waals surface area contributed by atoms with E-state index in [1.54, 1.807) is 24.3 Å². The zero-order valence-corrected chi connectivity index (χ0v) is 16.1. The first-order valence-electron chi connectivity index (χ1n) is 8.32. The Morgan fingerprint density at radius 3 is 2.57 bits per heavy atom. The van der Waals surface area contributed by atoms with E-state index in [1.165, 1.54) is 18.2 Å². The molecule has 1 aliphatic rings. The fourth-order valence-corrected chi connectivity index (χ4v) is 3.17. The summed E-state index contributed by atoms with van der Waals surface area (Å²) in [5, 5.41) is 15.9. The standard InChI is InChI=1S/C18H15BrN4O5/c19-11-6-7-12-13(10-11)17(25)22(16(12)24)9-3-8-20-18(26)21-14-4-1-2-5-15(14)23(27)28/h1-2,4-7,10H,3,8-9H2,(H2,20,21,26). The van der Waals surface area contributed by atoms with Crippen molar-refractivity contribution in [1.82, 2.24) is 10.2 Å². The number of urea groups is 1. The van der Waals surface area contributed by atoms with E-state index in [9.17, 15) is 24.5 Å². The molecule has 2 aromatic carbocycles. The Balaban J connectivity index is 1.50. The molecule has 3 rings (SSSR count). The average molecular weight is 447 g/mol. The molecule has 9 nitrogen and oxygen atoms in total. The van der Waals surface area contributed by atoms with E-state index in [0.29, 0.717) is 22.0 Å². The molecule has 0 saturated carbocycles. The maximum Gasteiger partial charge on any atom is 0.319 e. The van der Waals surface area contributed by atoms with Gasteiger partial charge in [-0.15, -0.1) is 0 Å². The second kappa shape index (κ2) is 8.17. The van der Waals surface area contributed by atoms with Crippen molar-refractivity contribution in [3.05, 3.63) is 68.2 Å². The van der Waals surface area contributed by atoms with Gasteiger partial charge in [-0.05, 0) is 30.7 Å².